The standard InChI is InChI=1S/C18H14FN5O3/c1-23-15-6-13(11-8-22-24(9-11)18(25)26)17(4-10(15)7-21-23)27-16-3-2-12(20)5-14(16)19/h2-9H,20H2,1H3,(H,25,26). The third-order valence-electron chi connectivity index (χ3n) is 4.11. The monoisotopic (exact) mass is 367 g/mol. The highest BCUT2D eigenvalue weighted by molar-refractivity contribution is 5.88. The van der Waals surface area contributed by atoms with Crippen LogP contribution in [-0.4, -0.2) is 30.8 Å². The van der Waals surface area contributed by atoms with E-state index in [1.807, 2.05) is 0 Å². The molecule has 0 spiro atoms. The molecule has 3 N–H and O–H groups in total. The molecule has 2 heterocycles. The molecular formula is C18H14FN5O3. The van der Waals surface area contributed by atoms with Crippen molar-refractivity contribution in [3.8, 4) is 22.6 Å². The number of hydrogen-bond donors (Lipinski definition) is 2. The Morgan fingerprint density at radius 1 is 1.19 bits per heavy atom. The van der Waals surface area contributed by atoms with E-state index in [0.717, 1.165) is 15.6 Å². The molecule has 0 saturated carbocycles. The lowest BCUT2D eigenvalue weighted by Crippen LogP contribution is -2.07. The van der Waals surface area contributed by atoms with Crippen LogP contribution in [0.1, 0.15) is 0 Å². The molecule has 27 heavy (non-hydrogen) atoms. The van der Waals surface area contributed by atoms with Crippen LogP contribution in [0.25, 0.3) is 22.0 Å². The smallest absolute Gasteiger partial charge is 0.432 e. The minimum atomic E-state index is -1.21. The summed E-state index contributed by atoms with van der Waals surface area (Å²) in [6.07, 6.45) is 3.20. The maximum Gasteiger partial charge on any atom is 0.432 e. The van der Waals surface area contributed by atoms with Gasteiger partial charge in [-0.1, -0.05) is 0 Å². The summed E-state index contributed by atoms with van der Waals surface area (Å²) < 4.78 is 22.4. The molecule has 0 radical (unpaired) electrons. The number of halogens is 1. The third kappa shape index (κ3) is 2.95. The van der Waals surface area contributed by atoms with E-state index in [1.165, 1.54) is 30.6 Å². The van der Waals surface area contributed by atoms with Gasteiger partial charge in [-0.25, -0.2) is 9.18 Å². The number of nitrogens with zero attached hydrogens (tertiary/aromatic N) is 4. The first kappa shape index (κ1) is 16.6. The fraction of sp³-hybridized carbons (Fsp3) is 0.0556. The van der Waals surface area contributed by atoms with Crippen molar-refractivity contribution in [1.82, 2.24) is 19.6 Å². The first-order chi connectivity index (χ1) is 12.9. The number of nitrogen functional groups attached to an aromatic ring is 1. The number of carboxylic acid groups (broad SMARTS) is 1. The lowest BCUT2D eigenvalue weighted by molar-refractivity contribution is 0.192. The van der Waals surface area contributed by atoms with Crippen molar-refractivity contribution in [1.29, 1.82) is 0 Å². The van der Waals surface area contributed by atoms with Gasteiger partial charge in [0, 0.05) is 41.5 Å². The molecule has 4 rings (SSSR count). The second kappa shape index (κ2) is 6.13. The number of aryl methyl sites for hydroxylation is 1. The number of carbonyl (C=O) groups is 1. The minimum absolute atomic E-state index is 0.000633. The number of rotatable bonds is 3. The van der Waals surface area contributed by atoms with Crippen molar-refractivity contribution < 1.29 is 19.0 Å². The number of anilines is 1. The number of hydrogen-bond acceptors (Lipinski definition) is 5. The van der Waals surface area contributed by atoms with Crippen LogP contribution in [0.4, 0.5) is 14.9 Å². The quantitative estimate of drug-likeness (QED) is 0.537. The van der Waals surface area contributed by atoms with E-state index in [2.05, 4.69) is 10.2 Å². The lowest BCUT2D eigenvalue weighted by atomic mass is 10.1. The van der Waals surface area contributed by atoms with Crippen LogP contribution >= 0.6 is 0 Å². The van der Waals surface area contributed by atoms with Crippen molar-refractivity contribution in [2.45, 2.75) is 0 Å². The Labute approximate surface area is 152 Å². The Hall–Kier alpha value is -3.88. The molecule has 0 unspecified atom stereocenters. The van der Waals surface area contributed by atoms with Gasteiger partial charge in [-0.15, -0.1) is 0 Å². The van der Waals surface area contributed by atoms with E-state index in [-0.39, 0.29) is 11.4 Å². The fourth-order valence-electron chi connectivity index (χ4n) is 2.77. The van der Waals surface area contributed by atoms with Gasteiger partial charge in [-0.3, -0.25) is 4.68 Å². The fourth-order valence-corrected chi connectivity index (χ4v) is 2.77. The predicted octanol–water partition coefficient (Wildman–Crippen LogP) is 3.48. The molecule has 0 saturated heterocycles. The summed E-state index contributed by atoms with van der Waals surface area (Å²) in [5, 5.41) is 17.9. The zero-order chi connectivity index (χ0) is 19.1. The Morgan fingerprint density at radius 2 is 2.00 bits per heavy atom. The second-order valence-corrected chi connectivity index (χ2v) is 5.92. The SMILES string of the molecule is Cn1ncc2cc(Oc3ccc(N)cc3F)c(-c3cnn(C(=O)O)c3)cc21. The van der Waals surface area contributed by atoms with Gasteiger partial charge in [-0.05, 0) is 24.3 Å². The van der Waals surface area contributed by atoms with E-state index in [0.29, 0.717) is 16.9 Å². The second-order valence-electron chi connectivity index (χ2n) is 5.92. The molecule has 2 aromatic carbocycles. The van der Waals surface area contributed by atoms with Gasteiger partial charge < -0.3 is 15.6 Å². The van der Waals surface area contributed by atoms with Crippen LogP contribution < -0.4 is 10.5 Å². The zero-order valence-electron chi connectivity index (χ0n) is 14.1. The maximum atomic E-state index is 14.2. The third-order valence-corrected chi connectivity index (χ3v) is 4.11. The van der Waals surface area contributed by atoms with E-state index in [1.54, 1.807) is 30.1 Å². The van der Waals surface area contributed by atoms with Crippen LogP contribution in [0.5, 0.6) is 11.5 Å². The maximum absolute atomic E-state index is 14.2. The molecule has 4 aromatic rings. The summed E-state index contributed by atoms with van der Waals surface area (Å²) in [5.41, 5.74) is 7.72. The summed E-state index contributed by atoms with van der Waals surface area (Å²) in [6, 6.07) is 7.63. The Kier molecular flexibility index (Phi) is 3.76. The number of fused-ring (bicyclic) bond motifs is 1. The summed E-state index contributed by atoms with van der Waals surface area (Å²) in [4.78, 5) is 11.1. The highest BCUT2D eigenvalue weighted by Crippen LogP contribution is 2.37. The van der Waals surface area contributed by atoms with E-state index < -0.39 is 11.9 Å². The molecule has 136 valence electrons. The number of ether oxygens (including phenoxy) is 1. The molecule has 0 aliphatic carbocycles. The van der Waals surface area contributed by atoms with Gasteiger partial charge in [-0.2, -0.15) is 14.9 Å². The van der Waals surface area contributed by atoms with Crippen LogP contribution in [-0.2, 0) is 7.05 Å². The van der Waals surface area contributed by atoms with Gasteiger partial charge in [0.2, 0.25) is 0 Å². The van der Waals surface area contributed by atoms with Crippen molar-refractivity contribution in [2.75, 3.05) is 5.73 Å². The van der Waals surface area contributed by atoms with Crippen molar-refractivity contribution in [3.05, 3.63) is 54.7 Å². The van der Waals surface area contributed by atoms with Gasteiger partial charge in [0.1, 0.15) is 5.75 Å². The van der Waals surface area contributed by atoms with E-state index >= 15 is 0 Å². The summed E-state index contributed by atoms with van der Waals surface area (Å²) in [7, 11) is 1.78. The van der Waals surface area contributed by atoms with Gasteiger partial charge in [0.05, 0.1) is 17.9 Å². The Bertz CT molecular complexity index is 1180. The normalized spacial score (nSPS) is 11.0. The Balaban J connectivity index is 1.87. The van der Waals surface area contributed by atoms with Crippen LogP contribution in [0.2, 0.25) is 0 Å². The topological polar surface area (TPSA) is 108 Å². The summed E-state index contributed by atoms with van der Waals surface area (Å²) in [5.74, 6) is -0.267. The first-order valence-corrected chi connectivity index (χ1v) is 7.89. The highest BCUT2D eigenvalue weighted by Gasteiger charge is 2.16. The van der Waals surface area contributed by atoms with Gasteiger partial charge >= 0.3 is 6.09 Å². The van der Waals surface area contributed by atoms with Crippen molar-refractivity contribution >= 4 is 22.7 Å². The van der Waals surface area contributed by atoms with Crippen LogP contribution in [0.3, 0.4) is 0 Å². The molecule has 0 fully saturated rings. The Morgan fingerprint density at radius 3 is 2.70 bits per heavy atom. The number of nitrogens with two attached hydrogens (primary N) is 1. The molecule has 8 nitrogen and oxygen atoms in total. The van der Waals surface area contributed by atoms with Crippen molar-refractivity contribution in [2.24, 2.45) is 7.05 Å². The zero-order valence-corrected chi connectivity index (χ0v) is 14.1. The highest BCUT2D eigenvalue weighted by atomic mass is 19.1. The molecule has 2 aromatic heterocycles. The summed E-state index contributed by atoms with van der Waals surface area (Å²) >= 11 is 0. The molecule has 0 aliphatic rings. The minimum Gasteiger partial charge on any atom is -0.463 e. The van der Waals surface area contributed by atoms with E-state index in [4.69, 9.17) is 15.6 Å². The number of aromatic nitrogens is 4. The number of benzene rings is 2. The molecule has 0 aliphatic heterocycles. The van der Waals surface area contributed by atoms with E-state index in [9.17, 15) is 9.18 Å². The predicted molar refractivity (Wildman–Crippen MR) is 96.2 cm³/mol. The largest absolute Gasteiger partial charge is 0.463 e. The van der Waals surface area contributed by atoms with Gasteiger partial charge in [0.15, 0.2) is 11.6 Å². The van der Waals surface area contributed by atoms with Crippen LogP contribution in [0, 0.1) is 5.82 Å². The average Bonchev–Trinajstić information content (AvgIpc) is 3.24. The molecule has 0 bridgehead atoms. The van der Waals surface area contributed by atoms with Crippen molar-refractivity contribution in [3.63, 3.8) is 0 Å². The first-order valence-electron chi connectivity index (χ1n) is 7.89. The average molecular weight is 367 g/mol. The van der Waals surface area contributed by atoms with Gasteiger partial charge in [0.25, 0.3) is 0 Å². The molecular weight excluding hydrogens is 353 g/mol. The summed E-state index contributed by atoms with van der Waals surface area (Å²) in [6.45, 7) is 0. The van der Waals surface area contributed by atoms with Crippen LogP contribution in [0.15, 0.2) is 48.9 Å². The lowest BCUT2D eigenvalue weighted by Gasteiger charge is -2.12. The molecule has 0 atom stereocenters. The molecule has 0 amide bonds. The molecule has 9 heteroatoms.